The van der Waals surface area contributed by atoms with Crippen molar-refractivity contribution in [1.82, 2.24) is 0 Å². The van der Waals surface area contributed by atoms with Crippen LogP contribution in [0.2, 0.25) is 0 Å². The van der Waals surface area contributed by atoms with Crippen LogP contribution >= 0.6 is 11.8 Å². The SMILES string of the molecule is COc1ccc(SCC(C)(C)N)cc1C. The summed E-state index contributed by atoms with van der Waals surface area (Å²) in [7, 11) is 1.69. The van der Waals surface area contributed by atoms with E-state index in [4.69, 9.17) is 10.5 Å². The minimum atomic E-state index is -0.126. The van der Waals surface area contributed by atoms with E-state index >= 15 is 0 Å². The molecule has 0 spiro atoms. The summed E-state index contributed by atoms with van der Waals surface area (Å²) in [5, 5.41) is 0. The zero-order valence-corrected chi connectivity index (χ0v) is 10.6. The van der Waals surface area contributed by atoms with Crippen LogP contribution in [0, 0.1) is 6.92 Å². The number of benzene rings is 1. The molecule has 0 saturated carbocycles. The summed E-state index contributed by atoms with van der Waals surface area (Å²) in [6.07, 6.45) is 0. The lowest BCUT2D eigenvalue weighted by Crippen LogP contribution is -2.34. The minimum absolute atomic E-state index is 0.126. The van der Waals surface area contributed by atoms with Crippen molar-refractivity contribution in [1.29, 1.82) is 0 Å². The van der Waals surface area contributed by atoms with E-state index in [0.29, 0.717) is 0 Å². The fourth-order valence-corrected chi connectivity index (χ4v) is 2.17. The van der Waals surface area contributed by atoms with Crippen molar-refractivity contribution in [2.45, 2.75) is 31.2 Å². The molecule has 0 aliphatic heterocycles. The highest BCUT2D eigenvalue weighted by Gasteiger charge is 2.11. The van der Waals surface area contributed by atoms with Gasteiger partial charge >= 0.3 is 0 Å². The van der Waals surface area contributed by atoms with Gasteiger partial charge in [0.15, 0.2) is 0 Å². The third kappa shape index (κ3) is 4.14. The molecule has 0 amide bonds. The second-order valence-corrected chi connectivity index (χ2v) is 5.46. The predicted molar refractivity (Wildman–Crippen MR) is 66.7 cm³/mol. The molecule has 15 heavy (non-hydrogen) atoms. The summed E-state index contributed by atoms with van der Waals surface area (Å²) in [4.78, 5) is 1.24. The van der Waals surface area contributed by atoms with Gasteiger partial charge in [-0.2, -0.15) is 0 Å². The Hall–Kier alpha value is -0.670. The van der Waals surface area contributed by atoms with Crippen molar-refractivity contribution >= 4 is 11.8 Å². The summed E-state index contributed by atoms with van der Waals surface area (Å²) < 4.78 is 5.21. The van der Waals surface area contributed by atoms with Crippen molar-refractivity contribution in [3.05, 3.63) is 23.8 Å². The van der Waals surface area contributed by atoms with Gasteiger partial charge in [0, 0.05) is 16.2 Å². The largest absolute Gasteiger partial charge is 0.496 e. The van der Waals surface area contributed by atoms with E-state index in [2.05, 4.69) is 19.1 Å². The Morgan fingerprint density at radius 1 is 1.40 bits per heavy atom. The van der Waals surface area contributed by atoms with Crippen molar-refractivity contribution in [2.75, 3.05) is 12.9 Å². The van der Waals surface area contributed by atoms with Crippen LogP contribution in [-0.4, -0.2) is 18.4 Å². The van der Waals surface area contributed by atoms with Crippen LogP contribution in [0.1, 0.15) is 19.4 Å². The number of hydrogen-bond acceptors (Lipinski definition) is 3. The standard InChI is InChI=1S/C12H19NOS/c1-9-7-10(5-6-11(9)14-4)15-8-12(2,3)13/h5-7H,8,13H2,1-4H3. The van der Waals surface area contributed by atoms with E-state index in [1.54, 1.807) is 18.9 Å². The number of thioether (sulfide) groups is 1. The Bertz CT molecular complexity index is 331. The average molecular weight is 225 g/mol. The molecule has 2 nitrogen and oxygen atoms in total. The molecule has 0 unspecified atom stereocenters. The number of ether oxygens (including phenoxy) is 1. The summed E-state index contributed by atoms with van der Waals surface area (Å²) in [6, 6.07) is 6.21. The molecule has 0 radical (unpaired) electrons. The molecule has 2 N–H and O–H groups in total. The predicted octanol–water partition coefficient (Wildman–Crippen LogP) is 2.83. The minimum Gasteiger partial charge on any atom is -0.496 e. The molecule has 0 fully saturated rings. The maximum atomic E-state index is 5.93. The Labute approximate surface area is 96.2 Å². The fourth-order valence-electron chi connectivity index (χ4n) is 1.21. The topological polar surface area (TPSA) is 35.2 Å². The van der Waals surface area contributed by atoms with E-state index in [-0.39, 0.29) is 5.54 Å². The summed E-state index contributed by atoms with van der Waals surface area (Å²) in [6.45, 7) is 6.13. The van der Waals surface area contributed by atoms with E-state index in [1.807, 2.05) is 19.9 Å². The van der Waals surface area contributed by atoms with Gasteiger partial charge in [0.2, 0.25) is 0 Å². The first kappa shape index (κ1) is 12.4. The first-order valence-electron chi connectivity index (χ1n) is 4.99. The highest BCUT2D eigenvalue weighted by molar-refractivity contribution is 7.99. The van der Waals surface area contributed by atoms with Gasteiger partial charge in [-0.25, -0.2) is 0 Å². The van der Waals surface area contributed by atoms with Crippen LogP contribution in [-0.2, 0) is 0 Å². The number of rotatable bonds is 4. The normalized spacial score (nSPS) is 11.5. The molecule has 0 aromatic heterocycles. The van der Waals surface area contributed by atoms with Crippen LogP contribution in [0.25, 0.3) is 0 Å². The molecule has 3 heteroatoms. The molecular formula is C12H19NOS. The molecule has 0 aliphatic carbocycles. The number of nitrogens with two attached hydrogens (primary N) is 1. The Morgan fingerprint density at radius 3 is 2.53 bits per heavy atom. The van der Waals surface area contributed by atoms with Gasteiger partial charge < -0.3 is 10.5 Å². The van der Waals surface area contributed by atoms with Crippen molar-refractivity contribution in [2.24, 2.45) is 5.73 Å². The molecule has 84 valence electrons. The first-order chi connectivity index (χ1) is 6.92. The molecular weight excluding hydrogens is 206 g/mol. The third-order valence-electron chi connectivity index (χ3n) is 1.98. The molecule has 0 atom stereocenters. The van der Waals surface area contributed by atoms with Crippen LogP contribution in [0.4, 0.5) is 0 Å². The molecule has 0 heterocycles. The van der Waals surface area contributed by atoms with Crippen LogP contribution in [0.3, 0.4) is 0 Å². The highest BCUT2D eigenvalue weighted by atomic mass is 32.2. The molecule has 1 rings (SSSR count). The fraction of sp³-hybridized carbons (Fsp3) is 0.500. The van der Waals surface area contributed by atoms with Gasteiger partial charge in [0.25, 0.3) is 0 Å². The Balaban J connectivity index is 2.68. The average Bonchev–Trinajstić information content (AvgIpc) is 2.14. The summed E-state index contributed by atoms with van der Waals surface area (Å²) >= 11 is 1.78. The molecule has 1 aromatic rings. The number of aryl methyl sites for hydroxylation is 1. The second-order valence-electron chi connectivity index (χ2n) is 4.41. The monoisotopic (exact) mass is 225 g/mol. The van der Waals surface area contributed by atoms with Crippen LogP contribution in [0.15, 0.2) is 23.1 Å². The van der Waals surface area contributed by atoms with Crippen LogP contribution < -0.4 is 10.5 Å². The molecule has 0 aliphatic rings. The zero-order valence-electron chi connectivity index (χ0n) is 9.83. The molecule has 1 aromatic carbocycles. The lowest BCUT2D eigenvalue weighted by atomic mass is 10.1. The van der Waals surface area contributed by atoms with Gasteiger partial charge in [-0.3, -0.25) is 0 Å². The lowest BCUT2D eigenvalue weighted by molar-refractivity contribution is 0.411. The van der Waals surface area contributed by atoms with E-state index in [9.17, 15) is 0 Å². The van der Waals surface area contributed by atoms with E-state index in [1.165, 1.54) is 4.90 Å². The Morgan fingerprint density at radius 2 is 2.07 bits per heavy atom. The van der Waals surface area contributed by atoms with Gasteiger partial charge in [-0.1, -0.05) is 0 Å². The third-order valence-corrected chi connectivity index (χ3v) is 3.45. The highest BCUT2D eigenvalue weighted by Crippen LogP contribution is 2.26. The van der Waals surface area contributed by atoms with Crippen molar-refractivity contribution in [3.8, 4) is 5.75 Å². The first-order valence-corrected chi connectivity index (χ1v) is 5.97. The van der Waals surface area contributed by atoms with Gasteiger partial charge in [0.1, 0.15) is 5.75 Å². The van der Waals surface area contributed by atoms with E-state index < -0.39 is 0 Å². The molecule has 0 bridgehead atoms. The maximum absolute atomic E-state index is 5.93. The number of methoxy groups -OCH3 is 1. The van der Waals surface area contributed by atoms with Crippen LogP contribution in [0.5, 0.6) is 5.75 Å². The zero-order chi connectivity index (χ0) is 11.5. The Kier molecular flexibility index (Phi) is 4.05. The smallest absolute Gasteiger partial charge is 0.121 e. The number of hydrogen-bond donors (Lipinski definition) is 1. The van der Waals surface area contributed by atoms with Crippen molar-refractivity contribution < 1.29 is 4.74 Å². The quantitative estimate of drug-likeness (QED) is 0.800. The van der Waals surface area contributed by atoms with Gasteiger partial charge in [-0.15, -0.1) is 11.8 Å². The lowest BCUT2D eigenvalue weighted by Gasteiger charge is -2.17. The molecule has 0 saturated heterocycles. The summed E-state index contributed by atoms with van der Waals surface area (Å²) in [5.41, 5.74) is 6.97. The summed E-state index contributed by atoms with van der Waals surface area (Å²) in [5.74, 6) is 1.85. The maximum Gasteiger partial charge on any atom is 0.121 e. The van der Waals surface area contributed by atoms with E-state index in [0.717, 1.165) is 17.1 Å². The second kappa shape index (κ2) is 4.90. The van der Waals surface area contributed by atoms with Gasteiger partial charge in [0.05, 0.1) is 7.11 Å². The van der Waals surface area contributed by atoms with Gasteiger partial charge in [-0.05, 0) is 44.5 Å². The van der Waals surface area contributed by atoms with Crippen molar-refractivity contribution in [3.63, 3.8) is 0 Å².